The van der Waals surface area contributed by atoms with Crippen molar-refractivity contribution >= 4 is 23.7 Å². The average Bonchev–Trinajstić information content (AvgIpc) is 3.26. The van der Waals surface area contributed by atoms with Crippen molar-refractivity contribution in [1.29, 1.82) is 0 Å². The second-order valence-corrected chi connectivity index (χ2v) is 8.44. The van der Waals surface area contributed by atoms with Gasteiger partial charge in [-0.2, -0.15) is 0 Å². The molecule has 1 saturated heterocycles. The van der Waals surface area contributed by atoms with Crippen molar-refractivity contribution in [3.8, 4) is 0 Å². The molecular formula is C23H34N4O5. The van der Waals surface area contributed by atoms with Crippen LogP contribution in [0.25, 0.3) is 0 Å². The fraction of sp³-hybridized carbons (Fsp3) is 0.565. The molecule has 5 atom stereocenters. The second-order valence-electron chi connectivity index (χ2n) is 8.44. The number of carbonyl (C=O) groups is 4. The maximum atomic E-state index is 13.3. The van der Waals surface area contributed by atoms with Gasteiger partial charge in [-0.15, -0.1) is 0 Å². The largest absolute Gasteiger partial charge is 0.480 e. The van der Waals surface area contributed by atoms with Crippen LogP contribution in [0, 0.1) is 5.92 Å². The van der Waals surface area contributed by atoms with Crippen molar-refractivity contribution in [3.05, 3.63) is 35.9 Å². The van der Waals surface area contributed by atoms with Crippen molar-refractivity contribution < 1.29 is 24.3 Å². The number of carboxylic acids is 1. The third kappa shape index (κ3) is 6.53. The summed E-state index contributed by atoms with van der Waals surface area (Å²) in [5.41, 5.74) is 6.47. The van der Waals surface area contributed by atoms with Gasteiger partial charge in [0.05, 0.1) is 6.04 Å². The highest BCUT2D eigenvalue weighted by Crippen LogP contribution is 2.20. The summed E-state index contributed by atoms with van der Waals surface area (Å²) in [6, 6.07) is 5.70. The lowest BCUT2D eigenvalue weighted by Gasteiger charge is -2.30. The van der Waals surface area contributed by atoms with E-state index in [4.69, 9.17) is 5.73 Å². The highest BCUT2D eigenvalue weighted by Gasteiger charge is 2.38. The average molecular weight is 447 g/mol. The van der Waals surface area contributed by atoms with Gasteiger partial charge in [0.2, 0.25) is 17.7 Å². The zero-order valence-electron chi connectivity index (χ0n) is 18.9. The van der Waals surface area contributed by atoms with E-state index >= 15 is 0 Å². The number of nitrogens with zero attached hydrogens (tertiary/aromatic N) is 1. The van der Waals surface area contributed by atoms with Gasteiger partial charge >= 0.3 is 5.97 Å². The van der Waals surface area contributed by atoms with Gasteiger partial charge in [-0.05, 0) is 31.2 Å². The number of carbonyl (C=O) groups excluding carboxylic acids is 3. The van der Waals surface area contributed by atoms with Crippen LogP contribution < -0.4 is 16.4 Å². The minimum Gasteiger partial charge on any atom is -0.480 e. The standard InChI is InChI=1S/C23H34N4O5/c1-4-14(2)19(26-20(28)15(3)24)21(29)25-17(13-16-9-6-5-7-10-16)22(30)27-12-8-11-18(27)23(31)32/h5-7,9-10,14-15,17-19H,4,8,11-13,24H2,1-3H3,(H,25,29)(H,26,28)(H,31,32). The first-order valence-corrected chi connectivity index (χ1v) is 11.1. The molecule has 3 amide bonds. The lowest BCUT2D eigenvalue weighted by Crippen LogP contribution is -2.58. The number of hydrogen-bond acceptors (Lipinski definition) is 5. The summed E-state index contributed by atoms with van der Waals surface area (Å²) in [7, 11) is 0. The lowest BCUT2D eigenvalue weighted by atomic mass is 9.96. The Labute approximate surface area is 188 Å². The molecule has 5 N–H and O–H groups in total. The molecule has 2 rings (SSSR count). The summed E-state index contributed by atoms with van der Waals surface area (Å²) in [6.07, 6.45) is 1.81. The van der Waals surface area contributed by atoms with Crippen molar-refractivity contribution in [2.75, 3.05) is 6.54 Å². The number of benzene rings is 1. The zero-order chi connectivity index (χ0) is 23.8. The molecule has 9 nitrogen and oxygen atoms in total. The van der Waals surface area contributed by atoms with Crippen LogP contribution in [0.1, 0.15) is 45.6 Å². The number of aliphatic carboxylic acids is 1. The molecular weight excluding hydrogens is 412 g/mol. The predicted molar refractivity (Wildman–Crippen MR) is 119 cm³/mol. The number of hydrogen-bond donors (Lipinski definition) is 4. The maximum absolute atomic E-state index is 13.3. The first-order chi connectivity index (χ1) is 15.1. The van der Waals surface area contributed by atoms with E-state index in [0.29, 0.717) is 25.8 Å². The number of amides is 3. The lowest BCUT2D eigenvalue weighted by molar-refractivity contribution is -0.149. The molecule has 176 valence electrons. The zero-order valence-corrected chi connectivity index (χ0v) is 18.9. The van der Waals surface area contributed by atoms with E-state index in [1.807, 2.05) is 44.2 Å². The Kier molecular flexibility index (Phi) is 9.19. The fourth-order valence-corrected chi connectivity index (χ4v) is 3.79. The van der Waals surface area contributed by atoms with Gasteiger partial charge in [-0.3, -0.25) is 14.4 Å². The first kappa shape index (κ1) is 25.3. The molecule has 0 bridgehead atoms. The summed E-state index contributed by atoms with van der Waals surface area (Å²) >= 11 is 0. The van der Waals surface area contributed by atoms with Crippen LogP contribution >= 0.6 is 0 Å². The summed E-state index contributed by atoms with van der Waals surface area (Å²) in [6.45, 7) is 5.59. The molecule has 1 heterocycles. The normalized spacial score (nSPS) is 19.5. The molecule has 32 heavy (non-hydrogen) atoms. The highest BCUT2D eigenvalue weighted by atomic mass is 16.4. The van der Waals surface area contributed by atoms with Crippen molar-refractivity contribution in [2.24, 2.45) is 11.7 Å². The van der Waals surface area contributed by atoms with Crippen LogP contribution in [0.2, 0.25) is 0 Å². The van der Waals surface area contributed by atoms with E-state index in [1.54, 1.807) is 0 Å². The molecule has 0 aromatic heterocycles. The Balaban J connectivity index is 2.27. The summed E-state index contributed by atoms with van der Waals surface area (Å²) < 4.78 is 0. The van der Waals surface area contributed by atoms with Crippen molar-refractivity contribution in [1.82, 2.24) is 15.5 Å². The molecule has 1 aliphatic rings. The molecule has 1 aliphatic heterocycles. The number of likely N-dealkylation sites (tertiary alicyclic amines) is 1. The highest BCUT2D eigenvalue weighted by molar-refractivity contribution is 5.94. The fourth-order valence-electron chi connectivity index (χ4n) is 3.79. The number of rotatable bonds is 10. The van der Waals surface area contributed by atoms with E-state index in [1.165, 1.54) is 11.8 Å². The van der Waals surface area contributed by atoms with Gasteiger partial charge in [-0.25, -0.2) is 4.79 Å². The van der Waals surface area contributed by atoms with Crippen molar-refractivity contribution in [2.45, 2.75) is 70.6 Å². The Morgan fingerprint density at radius 3 is 2.34 bits per heavy atom. The Hall–Kier alpha value is -2.94. The molecule has 1 aromatic carbocycles. The van der Waals surface area contributed by atoms with Crippen LogP contribution in [-0.2, 0) is 25.6 Å². The minimum atomic E-state index is -1.05. The van der Waals surface area contributed by atoms with Crippen molar-refractivity contribution in [3.63, 3.8) is 0 Å². The van der Waals surface area contributed by atoms with Crippen LogP contribution in [-0.4, -0.2) is 64.4 Å². The third-order valence-electron chi connectivity index (χ3n) is 5.92. The topological polar surface area (TPSA) is 142 Å². The van der Waals surface area contributed by atoms with Gasteiger partial charge in [0, 0.05) is 13.0 Å². The van der Waals surface area contributed by atoms with E-state index in [9.17, 15) is 24.3 Å². The van der Waals surface area contributed by atoms with Crippen LogP contribution in [0.15, 0.2) is 30.3 Å². The quantitative estimate of drug-likeness (QED) is 0.416. The van der Waals surface area contributed by atoms with Gasteiger partial charge in [0.15, 0.2) is 0 Å². The predicted octanol–water partition coefficient (Wildman–Crippen LogP) is 0.668. The van der Waals surface area contributed by atoms with E-state index in [-0.39, 0.29) is 12.3 Å². The first-order valence-electron chi connectivity index (χ1n) is 11.1. The van der Waals surface area contributed by atoms with Crippen LogP contribution in [0.5, 0.6) is 0 Å². The molecule has 5 unspecified atom stereocenters. The van der Waals surface area contributed by atoms with Gasteiger partial charge in [-0.1, -0.05) is 50.6 Å². The Morgan fingerprint density at radius 2 is 1.78 bits per heavy atom. The van der Waals surface area contributed by atoms with E-state index < -0.39 is 47.9 Å². The molecule has 0 aliphatic carbocycles. The van der Waals surface area contributed by atoms with Gasteiger partial charge in [0.25, 0.3) is 0 Å². The van der Waals surface area contributed by atoms with Gasteiger partial charge < -0.3 is 26.4 Å². The molecule has 0 spiro atoms. The third-order valence-corrected chi connectivity index (χ3v) is 5.92. The van der Waals surface area contributed by atoms with E-state index in [0.717, 1.165) is 5.56 Å². The van der Waals surface area contributed by atoms with E-state index in [2.05, 4.69) is 10.6 Å². The SMILES string of the molecule is CCC(C)C(NC(=O)C(C)N)C(=O)NC(Cc1ccccc1)C(=O)N1CCCC1C(=O)O. The molecule has 9 heteroatoms. The van der Waals surface area contributed by atoms with Crippen LogP contribution in [0.4, 0.5) is 0 Å². The smallest absolute Gasteiger partial charge is 0.326 e. The summed E-state index contributed by atoms with van der Waals surface area (Å²) in [5, 5.41) is 14.9. The summed E-state index contributed by atoms with van der Waals surface area (Å²) in [5.74, 6) is -2.63. The molecule has 0 radical (unpaired) electrons. The number of nitrogens with one attached hydrogen (secondary N) is 2. The minimum absolute atomic E-state index is 0.191. The molecule has 1 fully saturated rings. The molecule has 0 saturated carbocycles. The number of carboxylic acid groups (broad SMARTS) is 1. The van der Waals surface area contributed by atoms with Crippen LogP contribution in [0.3, 0.4) is 0 Å². The Bertz CT molecular complexity index is 814. The summed E-state index contributed by atoms with van der Waals surface area (Å²) in [4.78, 5) is 51.6. The van der Waals surface area contributed by atoms with Gasteiger partial charge in [0.1, 0.15) is 18.1 Å². The second kappa shape index (κ2) is 11.6. The maximum Gasteiger partial charge on any atom is 0.326 e. The Morgan fingerprint density at radius 1 is 1.12 bits per heavy atom. The monoisotopic (exact) mass is 446 g/mol. The molecule has 1 aromatic rings. The number of nitrogens with two attached hydrogens (primary N) is 1.